The Kier molecular flexibility index (Phi) is 2.44. The first-order chi connectivity index (χ1) is 5.36. The fourth-order valence-corrected chi connectivity index (χ4v) is 3.52. The number of thioether (sulfide) groups is 2. The van der Waals surface area contributed by atoms with Crippen molar-refractivity contribution in [2.45, 2.75) is 18.3 Å². The van der Waals surface area contributed by atoms with Crippen LogP contribution in [0.3, 0.4) is 0 Å². The Balaban J connectivity index is 1.98. The normalized spacial score (nSPS) is 37.7. The Morgan fingerprint density at radius 1 is 1.64 bits per heavy atom. The molecule has 0 bridgehead atoms. The van der Waals surface area contributed by atoms with Crippen LogP contribution in [-0.4, -0.2) is 34.5 Å². The molecule has 1 saturated heterocycles. The Morgan fingerprint density at radius 2 is 2.55 bits per heavy atom. The molecule has 0 amide bonds. The van der Waals surface area contributed by atoms with Crippen molar-refractivity contribution in [3.63, 3.8) is 0 Å². The first-order valence-corrected chi connectivity index (χ1v) is 5.95. The second kappa shape index (κ2) is 3.37. The molecule has 2 atom stereocenters. The fourth-order valence-electron chi connectivity index (χ4n) is 1.23. The molecule has 4 heteroatoms. The van der Waals surface area contributed by atoms with E-state index in [0.717, 1.165) is 6.54 Å². The summed E-state index contributed by atoms with van der Waals surface area (Å²) < 4.78 is 0. The van der Waals surface area contributed by atoms with Gasteiger partial charge in [-0.15, -0.1) is 23.5 Å². The third-order valence-electron chi connectivity index (χ3n) is 1.76. The standard InChI is InChI=1S/C7H12N2S2/c1-5-4-11-7(9-5)6-8-2-3-10-6/h5-6,8H,2-4H2,1H3/t5-,6?/m0/s1. The van der Waals surface area contributed by atoms with Crippen LogP contribution in [0.1, 0.15) is 6.92 Å². The minimum atomic E-state index is 0.518. The molecule has 0 radical (unpaired) electrons. The minimum Gasteiger partial charge on any atom is -0.299 e. The molecule has 2 aliphatic heterocycles. The molecule has 62 valence electrons. The molecule has 1 N–H and O–H groups in total. The number of nitrogens with zero attached hydrogens (tertiary/aromatic N) is 1. The second-order valence-corrected chi connectivity index (χ2v) is 5.09. The van der Waals surface area contributed by atoms with Gasteiger partial charge in [0.05, 0.1) is 11.1 Å². The Labute approximate surface area is 75.6 Å². The summed E-state index contributed by atoms with van der Waals surface area (Å²) in [6.45, 7) is 3.32. The molecular weight excluding hydrogens is 176 g/mol. The number of rotatable bonds is 1. The summed E-state index contributed by atoms with van der Waals surface area (Å²) >= 11 is 3.89. The molecule has 1 fully saturated rings. The molecule has 2 heterocycles. The largest absolute Gasteiger partial charge is 0.299 e. The van der Waals surface area contributed by atoms with Gasteiger partial charge in [0.15, 0.2) is 0 Å². The van der Waals surface area contributed by atoms with E-state index in [-0.39, 0.29) is 0 Å². The molecule has 11 heavy (non-hydrogen) atoms. The molecule has 2 rings (SSSR count). The van der Waals surface area contributed by atoms with E-state index in [2.05, 4.69) is 17.2 Å². The number of aliphatic imine (C=N–C) groups is 1. The van der Waals surface area contributed by atoms with Crippen molar-refractivity contribution in [1.82, 2.24) is 5.32 Å². The zero-order valence-electron chi connectivity index (χ0n) is 6.54. The van der Waals surface area contributed by atoms with Crippen LogP contribution in [0.15, 0.2) is 4.99 Å². The quantitative estimate of drug-likeness (QED) is 0.669. The lowest BCUT2D eigenvalue weighted by Crippen LogP contribution is -2.25. The average Bonchev–Trinajstić information content (AvgIpc) is 2.55. The van der Waals surface area contributed by atoms with Gasteiger partial charge in [-0.3, -0.25) is 10.3 Å². The number of nitrogens with one attached hydrogen (secondary N) is 1. The molecule has 0 spiro atoms. The summed E-state index contributed by atoms with van der Waals surface area (Å²) in [6, 6.07) is 0.540. The molecule has 2 nitrogen and oxygen atoms in total. The predicted molar refractivity (Wildman–Crippen MR) is 53.6 cm³/mol. The molecule has 0 aliphatic carbocycles. The zero-order valence-corrected chi connectivity index (χ0v) is 8.17. The summed E-state index contributed by atoms with van der Waals surface area (Å²) in [4.78, 5) is 4.57. The third-order valence-corrected chi connectivity index (χ3v) is 4.36. The lowest BCUT2D eigenvalue weighted by atomic mass is 10.4. The van der Waals surface area contributed by atoms with Crippen LogP contribution in [0.4, 0.5) is 0 Å². The van der Waals surface area contributed by atoms with Gasteiger partial charge in [0, 0.05) is 18.1 Å². The topological polar surface area (TPSA) is 24.4 Å². The summed E-state index contributed by atoms with van der Waals surface area (Å²) in [5.74, 6) is 2.41. The van der Waals surface area contributed by atoms with E-state index in [1.165, 1.54) is 16.5 Å². The summed E-state index contributed by atoms with van der Waals surface area (Å²) in [5.41, 5.74) is 0. The van der Waals surface area contributed by atoms with Crippen molar-refractivity contribution in [3.05, 3.63) is 0 Å². The first-order valence-electron chi connectivity index (χ1n) is 3.92. The minimum absolute atomic E-state index is 0.518. The summed E-state index contributed by atoms with van der Waals surface area (Å²) in [7, 11) is 0. The van der Waals surface area contributed by atoms with Crippen LogP contribution in [0.2, 0.25) is 0 Å². The van der Waals surface area contributed by atoms with Crippen molar-refractivity contribution in [3.8, 4) is 0 Å². The van der Waals surface area contributed by atoms with E-state index in [9.17, 15) is 0 Å². The zero-order chi connectivity index (χ0) is 7.68. The first kappa shape index (κ1) is 7.95. The van der Waals surface area contributed by atoms with Crippen LogP contribution in [0.25, 0.3) is 0 Å². The molecule has 0 saturated carbocycles. The highest BCUT2D eigenvalue weighted by molar-refractivity contribution is 8.16. The Morgan fingerprint density at radius 3 is 3.09 bits per heavy atom. The van der Waals surface area contributed by atoms with Crippen LogP contribution < -0.4 is 5.32 Å². The molecule has 0 aromatic rings. The van der Waals surface area contributed by atoms with Gasteiger partial charge < -0.3 is 0 Å². The SMILES string of the molecule is C[C@H]1CSC(C2NCCS2)=N1. The van der Waals surface area contributed by atoms with Gasteiger partial charge in [-0.1, -0.05) is 0 Å². The van der Waals surface area contributed by atoms with Crippen LogP contribution >= 0.6 is 23.5 Å². The molecular formula is C7H12N2S2. The monoisotopic (exact) mass is 188 g/mol. The van der Waals surface area contributed by atoms with E-state index in [0.29, 0.717) is 11.4 Å². The van der Waals surface area contributed by atoms with Gasteiger partial charge in [0.25, 0.3) is 0 Å². The molecule has 0 aromatic carbocycles. The predicted octanol–water partition coefficient (Wildman–Crippen LogP) is 1.18. The van der Waals surface area contributed by atoms with Crippen molar-refractivity contribution in [2.24, 2.45) is 4.99 Å². The second-order valence-electron chi connectivity index (χ2n) is 2.83. The van der Waals surface area contributed by atoms with Gasteiger partial charge in [0.2, 0.25) is 0 Å². The molecule has 1 unspecified atom stereocenters. The van der Waals surface area contributed by atoms with Crippen molar-refractivity contribution >= 4 is 28.6 Å². The number of hydrogen-bond donors (Lipinski definition) is 1. The highest BCUT2D eigenvalue weighted by atomic mass is 32.2. The van der Waals surface area contributed by atoms with Gasteiger partial charge in [-0.25, -0.2) is 0 Å². The maximum absolute atomic E-state index is 4.57. The van der Waals surface area contributed by atoms with Gasteiger partial charge in [-0.05, 0) is 6.92 Å². The Bertz CT molecular complexity index is 175. The van der Waals surface area contributed by atoms with Crippen molar-refractivity contribution in [2.75, 3.05) is 18.1 Å². The molecule has 0 aromatic heterocycles. The average molecular weight is 188 g/mol. The van der Waals surface area contributed by atoms with Crippen LogP contribution in [-0.2, 0) is 0 Å². The van der Waals surface area contributed by atoms with E-state index in [1.54, 1.807) is 0 Å². The number of hydrogen-bond acceptors (Lipinski definition) is 4. The summed E-state index contributed by atoms with van der Waals surface area (Å²) in [6.07, 6.45) is 0. The Hall–Kier alpha value is 0.330. The molecule has 2 aliphatic rings. The third kappa shape index (κ3) is 1.73. The van der Waals surface area contributed by atoms with Crippen LogP contribution in [0.5, 0.6) is 0 Å². The lowest BCUT2D eigenvalue weighted by Gasteiger charge is -2.06. The summed E-state index contributed by atoms with van der Waals surface area (Å²) in [5, 5.41) is 5.27. The van der Waals surface area contributed by atoms with E-state index in [4.69, 9.17) is 0 Å². The van der Waals surface area contributed by atoms with Crippen molar-refractivity contribution < 1.29 is 0 Å². The van der Waals surface area contributed by atoms with E-state index < -0.39 is 0 Å². The highest BCUT2D eigenvalue weighted by Gasteiger charge is 2.25. The van der Waals surface area contributed by atoms with Gasteiger partial charge in [-0.2, -0.15) is 0 Å². The lowest BCUT2D eigenvalue weighted by molar-refractivity contribution is 0.816. The maximum atomic E-state index is 4.57. The van der Waals surface area contributed by atoms with E-state index >= 15 is 0 Å². The van der Waals surface area contributed by atoms with Gasteiger partial charge in [0.1, 0.15) is 5.37 Å². The fraction of sp³-hybridized carbons (Fsp3) is 0.857. The van der Waals surface area contributed by atoms with Crippen molar-refractivity contribution in [1.29, 1.82) is 0 Å². The highest BCUT2D eigenvalue weighted by Crippen LogP contribution is 2.27. The van der Waals surface area contributed by atoms with Gasteiger partial charge >= 0.3 is 0 Å². The maximum Gasteiger partial charge on any atom is 0.102 e. The smallest absolute Gasteiger partial charge is 0.102 e. The van der Waals surface area contributed by atoms with E-state index in [1.807, 2.05) is 23.5 Å². The van der Waals surface area contributed by atoms with Crippen LogP contribution in [0, 0.1) is 0 Å².